The molecule has 0 saturated carbocycles. The topological polar surface area (TPSA) is 80.9 Å². The number of amides is 1. The lowest BCUT2D eigenvalue weighted by Crippen LogP contribution is -2.18. The van der Waals surface area contributed by atoms with Crippen molar-refractivity contribution in [1.29, 1.82) is 0 Å². The summed E-state index contributed by atoms with van der Waals surface area (Å²) in [5, 5.41) is 2.73. The number of hydrogen-bond donors (Lipinski definition) is 2. The van der Waals surface area contributed by atoms with Gasteiger partial charge in [-0.05, 0) is 24.3 Å². The van der Waals surface area contributed by atoms with Crippen LogP contribution in [-0.2, 0) is 5.41 Å². The van der Waals surface area contributed by atoms with Crippen LogP contribution in [0.4, 0.5) is 11.6 Å². The molecule has 2 aromatic heterocycles. The van der Waals surface area contributed by atoms with Crippen molar-refractivity contribution in [2.45, 2.75) is 26.2 Å². The second-order valence-corrected chi connectivity index (χ2v) is 5.59. The number of rotatable bonds is 2. The molecule has 0 saturated heterocycles. The zero-order valence-corrected chi connectivity index (χ0v) is 11.8. The highest BCUT2D eigenvalue weighted by molar-refractivity contribution is 6.04. The molecule has 0 fully saturated rings. The smallest absolute Gasteiger partial charge is 0.257 e. The van der Waals surface area contributed by atoms with Crippen molar-refractivity contribution in [2.24, 2.45) is 0 Å². The Morgan fingerprint density at radius 1 is 1.25 bits per heavy atom. The SMILES string of the molecule is CC(C)(C)c1cc(C(=O)Nc2ccccn2)cc(N)n1. The van der Waals surface area contributed by atoms with Crippen LogP contribution in [0.3, 0.4) is 0 Å². The molecule has 0 unspecified atom stereocenters. The first-order valence-electron chi connectivity index (χ1n) is 6.37. The molecule has 0 aliphatic heterocycles. The molecule has 2 heterocycles. The fourth-order valence-electron chi connectivity index (χ4n) is 1.69. The van der Waals surface area contributed by atoms with Gasteiger partial charge in [-0.2, -0.15) is 0 Å². The number of nitrogens with zero attached hydrogens (tertiary/aromatic N) is 2. The summed E-state index contributed by atoms with van der Waals surface area (Å²) in [5.74, 6) is 0.595. The highest BCUT2D eigenvalue weighted by atomic mass is 16.1. The van der Waals surface area contributed by atoms with Crippen molar-refractivity contribution in [3.63, 3.8) is 0 Å². The van der Waals surface area contributed by atoms with Crippen molar-refractivity contribution in [2.75, 3.05) is 11.1 Å². The predicted octanol–water partition coefficient (Wildman–Crippen LogP) is 2.61. The highest BCUT2D eigenvalue weighted by Crippen LogP contribution is 2.22. The molecule has 0 bridgehead atoms. The minimum Gasteiger partial charge on any atom is -0.384 e. The van der Waals surface area contributed by atoms with E-state index in [0.29, 0.717) is 17.2 Å². The van der Waals surface area contributed by atoms with Crippen LogP contribution in [0, 0.1) is 0 Å². The second-order valence-electron chi connectivity index (χ2n) is 5.59. The van der Waals surface area contributed by atoms with Gasteiger partial charge in [0.15, 0.2) is 0 Å². The number of nitrogens with two attached hydrogens (primary N) is 1. The summed E-state index contributed by atoms with van der Waals surface area (Å²) in [6.07, 6.45) is 1.62. The second kappa shape index (κ2) is 5.28. The van der Waals surface area contributed by atoms with E-state index in [1.807, 2.05) is 26.8 Å². The van der Waals surface area contributed by atoms with Crippen molar-refractivity contribution in [3.8, 4) is 0 Å². The molecule has 20 heavy (non-hydrogen) atoms. The van der Waals surface area contributed by atoms with E-state index in [0.717, 1.165) is 5.69 Å². The van der Waals surface area contributed by atoms with Crippen LogP contribution >= 0.6 is 0 Å². The third-order valence-electron chi connectivity index (χ3n) is 2.78. The van der Waals surface area contributed by atoms with Crippen LogP contribution in [0.2, 0.25) is 0 Å². The molecular weight excluding hydrogens is 252 g/mol. The molecule has 0 aromatic carbocycles. The van der Waals surface area contributed by atoms with Gasteiger partial charge >= 0.3 is 0 Å². The fourth-order valence-corrected chi connectivity index (χ4v) is 1.69. The summed E-state index contributed by atoms with van der Waals surface area (Å²) in [4.78, 5) is 20.5. The summed E-state index contributed by atoms with van der Waals surface area (Å²) in [6.45, 7) is 6.07. The Labute approximate surface area is 118 Å². The van der Waals surface area contributed by atoms with Gasteiger partial charge in [-0.3, -0.25) is 4.79 Å². The first-order chi connectivity index (χ1) is 9.36. The zero-order valence-electron chi connectivity index (χ0n) is 11.8. The predicted molar refractivity (Wildman–Crippen MR) is 79.5 cm³/mol. The van der Waals surface area contributed by atoms with Crippen LogP contribution in [0.15, 0.2) is 36.5 Å². The zero-order chi connectivity index (χ0) is 14.8. The minimum absolute atomic E-state index is 0.171. The molecule has 2 aromatic rings. The molecule has 0 spiro atoms. The van der Waals surface area contributed by atoms with Gasteiger partial charge in [0.1, 0.15) is 11.6 Å². The Bertz CT molecular complexity index is 618. The van der Waals surface area contributed by atoms with E-state index >= 15 is 0 Å². The van der Waals surface area contributed by atoms with Gasteiger partial charge in [-0.1, -0.05) is 26.8 Å². The van der Waals surface area contributed by atoms with Crippen LogP contribution in [0.25, 0.3) is 0 Å². The lowest BCUT2D eigenvalue weighted by Gasteiger charge is -2.19. The van der Waals surface area contributed by atoms with Gasteiger partial charge in [-0.25, -0.2) is 9.97 Å². The first-order valence-corrected chi connectivity index (χ1v) is 6.37. The van der Waals surface area contributed by atoms with Crippen LogP contribution in [-0.4, -0.2) is 15.9 Å². The summed E-state index contributed by atoms with van der Waals surface area (Å²) in [5.41, 5.74) is 6.87. The molecule has 104 valence electrons. The lowest BCUT2D eigenvalue weighted by molar-refractivity contribution is 0.102. The van der Waals surface area contributed by atoms with Crippen molar-refractivity contribution in [1.82, 2.24) is 9.97 Å². The normalized spacial score (nSPS) is 11.2. The first kappa shape index (κ1) is 14.0. The Kier molecular flexibility index (Phi) is 3.70. The number of aromatic nitrogens is 2. The van der Waals surface area contributed by atoms with E-state index in [1.165, 1.54) is 0 Å². The number of hydrogen-bond acceptors (Lipinski definition) is 4. The Balaban J connectivity index is 2.29. The minimum atomic E-state index is -0.247. The molecule has 0 atom stereocenters. The van der Waals surface area contributed by atoms with Crippen LogP contribution in [0.5, 0.6) is 0 Å². The molecule has 5 nitrogen and oxygen atoms in total. The Morgan fingerprint density at radius 2 is 2.00 bits per heavy atom. The largest absolute Gasteiger partial charge is 0.384 e. The number of nitrogen functional groups attached to an aromatic ring is 1. The number of carbonyl (C=O) groups excluding carboxylic acids is 1. The molecule has 1 amide bonds. The highest BCUT2D eigenvalue weighted by Gasteiger charge is 2.18. The van der Waals surface area contributed by atoms with Crippen molar-refractivity contribution < 1.29 is 4.79 Å². The van der Waals surface area contributed by atoms with Crippen LogP contribution < -0.4 is 11.1 Å². The summed E-state index contributed by atoms with van der Waals surface area (Å²) in [6, 6.07) is 8.65. The average Bonchev–Trinajstić information content (AvgIpc) is 2.38. The van der Waals surface area contributed by atoms with E-state index in [9.17, 15) is 4.79 Å². The van der Waals surface area contributed by atoms with E-state index in [4.69, 9.17) is 5.73 Å². The maximum absolute atomic E-state index is 12.2. The standard InChI is InChI=1S/C15H18N4O/c1-15(2,3)11-8-10(9-12(16)18-11)14(20)19-13-6-4-5-7-17-13/h4-9H,1-3H3,(H2,16,18)(H,17,19,20). The molecule has 3 N–H and O–H groups in total. The van der Waals surface area contributed by atoms with Gasteiger partial charge in [0.25, 0.3) is 5.91 Å². The van der Waals surface area contributed by atoms with Gasteiger partial charge in [-0.15, -0.1) is 0 Å². The molecule has 0 aliphatic carbocycles. The van der Waals surface area contributed by atoms with E-state index < -0.39 is 0 Å². The van der Waals surface area contributed by atoms with E-state index in [-0.39, 0.29) is 11.3 Å². The Morgan fingerprint density at radius 3 is 2.60 bits per heavy atom. The summed E-state index contributed by atoms with van der Waals surface area (Å²) in [7, 11) is 0. The molecule has 0 radical (unpaired) electrons. The van der Waals surface area contributed by atoms with Gasteiger partial charge in [0.2, 0.25) is 0 Å². The number of pyridine rings is 2. The maximum atomic E-state index is 12.2. The van der Waals surface area contributed by atoms with E-state index in [2.05, 4.69) is 15.3 Å². The molecular formula is C15H18N4O. The van der Waals surface area contributed by atoms with Gasteiger partial charge < -0.3 is 11.1 Å². The van der Waals surface area contributed by atoms with Crippen LogP contribution in [0.1, 0.15) is 36.8 Å². The average molecular weight is 270 g/mol. The molecule has 2 rings (SSSR count). The number of anilines is 2. The third kappa shape index (κ3) is 3.32. The number of nitrogens with one attached hydrogen (secondary N) is 1. The Hall–Kier alpha value is -2.43. The van der Waals surface area contributed by atoms with Crippen molar-refractivity contribution >= 4 is 17.5 Å². The third-order valence-corrected chi connectivity index (χ3v) is 2.78. The summed E-state index contributed by atoms with van der Waals surface area (Å²) < 4.78 is 0. The van der Waals surface area contributed by atoms with Crippen molar-refractivity contribution in [3.05, 3.63) is 47.8 Å². The summed E-state index contributed by atoms with van der Waals surface area (Å²) >= 11 is 0. The van der Waals surface area contributed by atoms with Gasteiger partial charge in [0.05, 0.1) is 0 Å². The molecule has 5 heteroatoms. The fraction of sp³-hybridized carbons (Fsp3) is 0.267. The quantitative estimate of drug-likeness (QED) is 0.879. The molecule has 0 aliphatic rings. The van der Waals surface area contributed by atoms with Gasteiger partial charge in [0, 0.05) is 22.9 Å². The number of carbonyl (C=O) groups is 1. The monoisotopic (exact) mass is 270 g/mol. The maximum Gasteiger partial charge on any atom is 0.257 e. The van der Waals surface area contributed by atoms with E-state index in [1.54, 1.807) is 30.5 Å². The lowest BCUT2D eigenvalue weighted by atomic mass is 9.90.